The molecule has 0 saturated heterocycles. The second-order valence-corrected chi connectivity index (χ2v) is 4.77. The summed E-state index contributed by atoms with van der Waals surface area (Å²) in [7, 11) is 0. The van der Waals surface area contributed by atoms with Gasteiger partial charge in [-0.1, -0.05) is 54.6 Å². The quantitative estimate of drug-likeness (QED) is 0.757. The number of carbonyl (C=O) groups excluding carboxylic acids is 1. The van der Waals surface area contributed by atoms with E-state index in [1.54, 1.807) is 0 Å². The number of nitrogens with one attached hydrogen (secondary N) is 1. The molecule has 0 radical (unpaired) electrons. The number of nitrogens with two attached hydrogens (primary N) is 1. The second kappa shape index (κ2) is 7.46. The van der Waals surface area contributed by atoms with Crippen molar-refractivity contribution < 1.29 is 4.79 Å². The SMILES string of the molecule is NC(=O)CNCCCc1ccccc1-c1ccccc1. The third kappa shape index (κ3) is 4.21. The molecule has 0 spiro atoms. The molecule has 2 aromatic carbocycles. The molecule has 0 aliphatic heterocycles. The molecule has 0 atom stereocenters. The molecule has 2 rings (SSSR count). The van der Waals surface area contributed by atoms with E-state index in [2.05, 4.69) is 53.8 Å². The zero-order valence-corrected chi connectivity index (χ0v) is 11.5. The first-order valence-electron chi connectivity index (χ1n) is 6.90. The summed E-state index contributed by atoms with van der Waals surface area (Å²) < 4.78 is 0. The Morgan fingerprint density at radius 3 is 2.45 bits per heavy atom. The van der Waals surface area contributed by atoms with Crippen molar-refractivity contribution in [2.24, 2.45) is 5.73 Å². The van der Waals surface area contributed by atoms with Crippen LogP contribution in [-0.4, -0.2) is 19.0 Å². The summed E-state index contributed by atoms with van der Waals surface area (Å²) in [4.78, 5) is 10.6. The summed E-state index contributed by atoms with van der Waals surface area (Å²) in [6.07, 6.45) is 1.97. The number of benzene rings is 2. The van der Waals surface area contributed by atoms with Gasteiger partial charge in [-0.3, -0.25) is 4.79 Å². The summed E-state index contributed by atoms with van der Waals surface area (Å²) in [6.45, 7) is 1.05. The first kappa shape index (κ1) is 14.3. The number of amides is 1. The minimum atomic E-state index is -0.310. The fourth-order valence-corrected chi connectivity index (χ4v) is 2.25. The van der Waals surface area contributed by atoms with Gasteiger partial charge < -0.3 is 11.1 Å². The van der Waals surface area contributed by atoms with E-state index in [9.17, 15) is 4.79 Å². The van der Waals surface area contributed by atoms with E-state index in [1.807, 2.05) is 6.07 Å². The lowest BCUT2D eigenvalue weighted by atomic mass is 9.97. The fourth-order valence-electron chi connectivity index (χ4n) is 2.25. The molecule has 0 fully saturated rings. The second-order valence-electron chi connectivity index (χ2n) is 4.77. The predicted molar refractivity (Wildman–Crippen MR) is 82.3 cm³/mol. The van der Waals surface area contributed by atoms with Gasteiger partial charge in [-0.25, -0.2) is 0 Å². The van der Waals surface area contributed by atoms with Crippen molar-refractivity contribution in [2.45, 2.75) is 12.8 Å². The van der Waals surface area contributed by atoms with Gasteiger partial charge in [-0.15, -0.1) is 0 Å². The highest BCUT2D eigenvalue weighted by Gasteiger charge is 2.03. The zero-order valence-electron chi connectivity index (χ0n) is 11.5. The molecule has 3 heteroatoms. The van der Waals surface area contributed by atoms with Gasteiger partial charge in [0.05, 0.1) is 6.54 Å². The van der Waals surface area contributed by atoms with Crippen LogP contribution in [-0.2, 0) is 11.2 Å². The maximum absolute atomic E-state index is 10.6. The molecule has 0 aromatic heterocycles. The minimum Gasteiger partial charge on any atom is -0.369 e. The summed E-state index contributed by atoms with van der Waals surface area (Å²) in [5.74, 6) is -0.310. The van der Waals surface area contributed by atoms with E-state index in [0.29, 0.717) is 0 Å². The number of primary amides is 1. The molecule has 0 aliphatic rings. The van der Waals surface area contributed by atoms with Crippen molar-refractivity contribution in [3.63, 3.8) is 0 Å². The first-order valence-corrected chi connectivity index (χ1v) is 6.90. The van der Waals surface area contributed by atoms with E-state index < -0.39 is 0 Å². The van der Waals surface area contributed by atoms with Crippen LogP contribution in [0, 0.1) is 0 Å². The lowest BCUT2D eigenvalue weighted by Gasteiger charge is -2.10. The summed E-state index contributed by atoms with van der Waals surface area (Å²) in [5, 5.41) is 3.04. The smallest absolute Gasteiger partial charge is 0.231 e. The van der Waals surface area contributed by atoms with E-state index in [-0.39, 0.29) is 12.5 Å². The van der Waals surface area contributed by atoms with Crippen LogP contribution in [0.4, 0.5) is 0 Å². The Kier molecular flexibility index (Phi) is 5.33. The van der Waals surface area contributed by atoms with Crippen LogP contribution < -0.4 is 11.1 Å². The van der Waals surface area contributed by atoms with Gasteiger partial charge >= 0.3 is 0 Å². The maximum atomic E-state index is 10.6. The highest BCUT2D eigenvalue weighted by molar-refractivity contribution is 5.75. The summed E-state index contributed by atoms with van der Waals surface area (Å²) in [6, 6.07) is 18.9. The average Bonchev–Trinajstić information content (AvgIpc) is 2.48. The first-order chi connectivity index (χ1) is 9.77. The van der Waals surface area contributed by atoms with Gasteiger partial charge in [0.1, 0.15) is 0 Å². The Labute approximate surface area is 119 Å². The Hall–Kier alpha value is -2.13. The summed E-state index contributed by atoms with van der Waals surface area (Å²) in [5.41, 5.74) is 8.94. The van der Waals surface area contributed by atoms with Gasteiger partial charge in [0.15, 0.2) is 0 Å². The molecular formula is C17H20N2O. The third-order valence-electron chi connectivity index (χ3n) is 3.20. The Bertz CT molecular complexity index is 552. The minimum absolute atomic E-state index is 0.250. The number of hydrogen-bond donors (Lipinski definition) is 2. The van der Waals surface area contributed by atoms with Crippen LogP contribution in [0.15, 0.2) is 54.6 Å². The van der Waals surface area contributed by atoms with Crippen LogP contribution in [0.5, 0.6) is 0 Å². The molecule has 20 heavy (non-hydrogen) atoms. The summed E-state index contributed by atoms with van der Waals surface area (Å²) >= 11 is 0. The van der Waals surface area contributed by atoms with Crippen molar-refractivity contribution in [3.8, 4) is 11.1 Å². The lowest BCUT2D eigenvalue weighted by molar-refractivity contribution is -0.117. The highest BCUT2D eigenvalue weighted by atomic mass is 16.1. The van der Waals surface area contributed by atoms with Crippen molar-refractivity contribution in [3.05, 3.63) is 60.2 Å². The molecule has 0 bridgehead atoms. The molecule has 0 saturated carbocycles. The largest absolute Gasteiger partial charge is 0.369 e. The molecule has 3 nitrogen and oxygen atoms in total. The lowest BCUT2D eigenvalue weighted by Crippen LogP contribution is -2.29. The van der Waals surface area contributed by atoms with E-state index in [0.717, 1.165) is 19.4 Å². The Morgan fingerprint density at radius 1 is 1.00 bits per heavy atom. The Balaban J connectivity index is 1.97. The van der Waals surface area contributed by atoms with Crippen LogP contribution >= 0.6 is 0 Å². The van der Waals surface area contributed by atoms with E-state index in [4.69, 9.17) is 5.73 Å². The van der Waals surface area contributed by atoms with E-state index >= 15 is 0 Å². The van der Waals surface area contributed by atoms with Crippen LogP contribution in [0.2, 0.25) is 0 Å². The number of hydrogen-bond acceptors (Lipinski definition) is 2. The topological polar surface area (TPSA) is 55.1 Å². The molecule has 0 aliphatic carbocycles. The van der Waals surface area contributed by atoms with Gasteiger partial charge in [-0.05, 0) is 36.1 Å². The van der Waals surface area contributed by atoms with Gasteiger partial charge in [0.25, 0.3) is 0 Å². The Morgan fingerprint density at radius 2 is 1.70 bits per heavy atom. The molecule has 104 valence electrons. The zero-order chi connectivity index (χ0) is 14.2. The van der Waals surface area contributed by atoms with Crippen LogP contribution in [0.25, 0.3) is 11.1 Å². The van der Waals surface area contributed by atoms with Crippen LogP contribution in [0.1, 0.15) is 12.0 Å². The van der Waals surface area contributed by atoms with Crippen molar-refractivity contribution in [1.82, 2.24) is 5.32 Å². The number of carbonyl (C=O) groups is 1. The monoisotopic (exact) mass is 268 g/mol. The molecule has 0 heterocycles. The fraction of sp³-hybridized carbons (Fsp3) is 0.235. The normalized spacial score (nSPS) is 10.4. The molecule has 3 N–H and O–H groups in total. The molecule has 2 aromatic rings. The predicted octanol–water partition coefficient (Wildman–Crippen LogP) is 2.36. The molecule has 1 amide bonds. The maximum Gasteiger partial charge on any atom is 0.231 e. The molecular weight excluding hydrogens is 248 g/mol. The average molecular weight is 268 g/mol. The highest BCUT2D eigenvalue weighted by Crippen LogP contribution is 2.24. The number of rotatable bonds is 7. The van der Waals surface area contributed by atoms with Crippen LogP contribution in [0.3, 0.4) is 0 Å². The van der Waals surface area contributed by atoms with Gasteiger partial charge in [-0.2, -0.15) is 0 Å². The van der Waals surface area contributed by atoms with E-state index in [1.165, 1.54) is 16.7 Å². The van der Waals surface area contributed by atoms with Gasteiger partial charge in [0.2, 0.25) is 5.91 Å². The van der Waals surface area contributed by atoms with Crippen molar-refractivity contribution >= 4 is 5.91 Å². The number of aryl methyl sites for hydroxylation is 1. The molecule has 0 unspecified atom stereocenters. The standard InChI is InChI=1S/C17H20N2O/c18-17(20)13-19-12-6-10-15-9-4-5-11-16(15)14-7-2-1-3-8-14/h1-5,7-9,11,19H,6,10,12-13H2,(H2,18,20). The van der Waals surface area contributed by atoms with Gasteiger partial charge in [0, 0.05) is 0 Å². The van der Waals surface area contributed by atoms with Crippen molar-refractivity contribution in [1.29, 1.82) is 0 Å². The van der Waals surface area contributed by atoms with Crippen molar-refractivity contribution in [2.75, 3.05) is 13.1 Å². The third-order valence-corrected chi connectivity index (χ3v) is 3.20.